The summed E-state index contributed by atoms with van der Waals surface area (Å²) in [6.07, 6.45) is 15.9. The van der Waals surface area contributed by atoms with E-state index in [9.17, 15) is 0 Å². The average molecular weight is 280 g/mol. The summed E-state index contributed by atoms with van der Waals surface area (Å²) in [6, 6.07) is 0.806. The minimum absolute atomic E-state index is 0.630. The molecule has 0 heterocycles. The van der Waals surface area contributed by atoms with E-state index in [1.807, 2.05) is 0 Å². The van der Waals surface area contributed by atoms with Crippen LogP contribution in [0.1, 0.15) is 91.4 Å². The second-order valence-corrected chi connectivity index (χ2v) is 7.47. The SMILES string of the molecule is CCCNC(C1CCCCC1CC)C1(CC)CCCC1. The highest BCUT2D eigenvalue weighted by molar-refractivity contribution is 4.99. The van der Waals surface area contributed by atoms with Gasteiger partial charge in [-0.25, -0.2) is 0 Å². The molecule has 0 bridgehead atoms. The van der Waals surface area contributed by atoms with Gasteiger partial charge in [-0.3, -0.25) is 0 Å². The highest BCUT2D eigenvalue weighted by Gasteiger charge is 2.45. The van der Waals surface area contributed by atoms with Crippen LogP contribution in [0.5, 0.6) is 0 Å². The second kappa shape index (κ2) is 7.82. The van der Waals surface area contributed by atoms with E-state index in [0.717, 1.165) is 17.9 Å². The molecule has 0 aromatic heterocycles. The molecule has 0 radical (unpaired) electrons. The van der Waals surface area contributed by atoms with Gasteiger partial charge in [0.15, 0.2) is 0 Å². The summed E-state index contributed by atoms with van der Waals surface area (Å²) in [5, 5.41) is 4.04. The molecule has 0 amide bonds. The molecule has 0 aromatic rings. The van der Waals surface area contributed by atoms with Crippen molar-refractivity contribution in [1.29, 1.82) is 0 Å². The van der Waals surface area contributed by atoms with Crippen LogP contribution in [0, 0.1) is 17.3 Å². The second-order valence-electron chi connectivity index (χ2n) is 7.47. The summed E-state index contributed by atoms with van der Waals surface area (Å²) in [7, 11) is 0. The van der Waals surface area contributed by atoms with E-state index < -0.39 is 0 Å². The fourth-order valence-electron chi connectivity index (χ4n) is 5.27. The molecule has 2 saturated carbocycles. The Morgan fingerprint density at radius 2 is 1.70 bits per heavy atom. The zero-order chi connectivity index (χ0) is 14.4. The van der Waals surface area contributed by atoms with E-state index >= 15 is 0 Å². The van der Waals surface area contributed by atoms with Crippen molar-refractivity contribution in [3.8, 4) is 0 Å². The van der Waals surface area contributed by atoms with E-state index in [-0.39, 0.29) is 0 Å². The van der Waals surface area contributed by atoms with Gasteiger partial charge in [0.2, 0.25) is 0 Å². The highest BCUT2D eigenvalue weighted by Crippen LogP contribution is 2.49. The summed E-state index contributed by atoms with van der Waals surface area (Å²) in [4.78, 5) is 0. The Balaban J connectivity index is 2.16. The lowest BCUT2D eigenvalue weighted by molar-refractivity contribution is 0.0712. The van der Waals surface area contributed by atoms with E-state index in [0.29, 0.717) is 5.41 Å². The van der Waals surface area contributed by atoms with E-state index in [1.165, 1.54) is 77.2 Å². The van der Waals surface area contributed by atoms with Gasteiger partial charge in [0.1, 0.15) is 0 Å². The maximum Gasteiger partial charge on any atom is 0.0154 e. The summed E-state index contributed by atoms with van der Waals surface area (Å²) >= 11 is 0. The molecule has 0 aliphatic heterocycles. The summed E-state index contributed by atoms with van der Waals surface area (Å²) < 4.78 is 0. The Labute approximate surface area is 127 Å². The maximum atomic E-state index is 4.04. The van der Waals surface area contributed by atoms with Crippen LogP contribution in [0.15, 0.2) is 0 Å². The van der Waals surface area contributed by atoms with Crippen LogP contribution >= 0.6 is 0 Å². The fraction of sp³-hybridized carbons (Fsp3) is 1.00. The van der Waals surface area contributed by atoms with Crippen LogP contribution in [0.25, 0.3) is 0 Å². The molecule has 0 spiro atoms. The van der Waals surface area contributed by atoms with E-state index in [1.54, 1.807) is 0 Å². The lowest BCUT2D eigenvalue weighted by Gasteiger charge is -2.47. The van der Waals surface area contributed by atoms with Crippen molar-refractivity contribution in [1.82, 2.24) is 5.32 Å². The molecule has 1 nitrogen and oxygen atoms in total. The van der Waals surface area contributed by atoms with Crippen molar-refractivity contribution in [3.63, 3.8) is 0 Å². The zero-order valence-electron chi connectivity index (χ0n) is 14.2. The minimum Gasteiger partial charge on any atom is -0.313 e. The van der Waals surface area contributed by atoms with Gasteiger partial charge in [-0.1, -0.05) is 59.3 Å². The van der Waals surface area contributed by atoms with Crippen molar-refractivity contribution in [2.75, 3.05) is 6.54 Å². The molecule has 3 atom stereocenters. The number of rotatable bonds is 7. The molecule has 118 valence electrons. The van der Waals surface area contributed by atoms with E-state index in [2.05, 4.69) is 26.1 Å². The number of nitrogens with one attached hydrogen (secondary N) is 1. The van der Waals surface area contributed by atoms with Gasteiger partial charge >= 0.3 is 0 Å². The van der Waals surface area contributed by atoms with Gasteiger partial charge in [0.25, 0.3) is 0 Å². The summed E-state index contributed by atoms with van der Waals surface area (Å²) in [5.74, 6) is 1.94. The molecule has 2 aliphatic carbocycles. The Kier molecular flexibility index (Phi) is 6.39. The number of hydrogen-bond acceptors (Lipinski definition) is 1. The van der Waals surface area contributed by atoms with Crippen LogP contribution in [-0.2, 0) is 0 Å². The third kappa shape index (κ3) is 3.40. The summed E-state index contributed by atoms with van der Waals surface area (Å²) in [5.41, 5.74) is 0.630. The van der Waals surface area contributed by atoms with Gasteiger partial charge in [-0.2, -0.15) is 0 Å². The molecule has 2 rings (SSSR count). The monoisotopic (exact) mass is 279 g/mol. The highest BCUT2D eigenvalue weighted by atomic mass is 14.9. The van der Waals surface area contributed by atoms with E-state index in [4.69, 9.17) is 0 Å². The molecule has 2 fully saturated rings. The average Bonchev–Trinajstić information content (AvgIpc) is 2.98. The van der Waals surface area contributed by atoms with Crippen molar-refractivity contribution < 1.29 is 0 Å². The normalized spacial score (nSPS) is 31.4. The molecule has 1 N–H and O–H groups in total. The first-order valence-electron chi connectivity index (χ1n) is 9.50. The Hall–Kier alpha value is -0.0400. The molecule has 3 unspecified atom stereocenters. The van der Waals surface area contributed by atoms with Gasteiger partial charge in [0.05, 0.1) is 0 Å². The largest absolute Gasteiger partial charge is 0.313 e. The smallest absolute Gasteiger partial charge is 0.0154 e. The van der Waals surface area contributed by atoms with Gasteiger partial charge in [-0.05, 0) is 55.9 Å². The zero-order valence-corrected chi connectivity index (χ0v) is 14.2. The lowest BCUT2D eigenvalue weighted by Crippen LogP contribution is -2.51. The standard InChI is InChI=1S/C19H37N/c1-4-15-20-18(19(6-3)13-9-10-14-19)17-12-8-7-11-16(17)5-2/h16-18,20H,4-15H2,1-3H3. The molecule has 2 aliphatic rings. The van der Waals surface area contributed by atoms with Gasteiger partial charge in [-0.15, -0.1) is 0 Å². The van der Waals surface area contributed by atoms with Crippen molar-refractivity contribution in [3.05, 3.63) is 0 Å². The first-order valence-corrected chi connectivity index (χ1v) is 9.50. The predicted molar refractivity (Wildman–Crippen MR) is 89.0 cm³/mol. The van der Waals surface area contributed by atoms with Crippen LogP contribution < -0.4 is 5.32 Å². The van der Waals surface area contributed by atoms with Gasteiger partial charge in [0, 0.05) is 6.04 Å². The van der Waals surface area contributed by atoms with Crippen LogP contribution in [0.4, 0.5) is 0 Å². The van der Waals surface area contributed by atoms with Crippen LogP contribution in [-0.4, -0.2) is 12.6 Å². The Morgan fingerprint density at radius 1 is 1.00 bits per heavy atom. The fourth-order valence-corrected chi connectivity index (χ4v) is 5.27. The van der Waals surface area contributed by atoms with Crippen LogP contribution in [0.2, 0.25) is 0 Å². The minimum atomic E-state index is 0.630. The third-order valence-corrected chi connectivity index (χ3v) is 6.50. The Morgan fingerprint density at radius 3 is 2.30 bits per heavy atom. The molecule has 20 heavy (non-hydrogen) atoms. The number of hydrogen-bond donors (Lipinski definition) is 1. The van der Waals surface area contributed by atoms with Crippen molar-refractivity contribution >= 4 is 0 Å². The van der Waals surface area contributed by atoms with Crippen molar-refractivity contribution in [2.45, 2.75) is 97.4 Å². The molecular weight excluding hydrogens is 242 g/mol. The third-order valence-electron chi connectivity index (χ3n) is 6.50. The predicted octanol–water partition coefficient (Wildman–Crippen LogP) is 5.54. The maximum absolute atomic E-state index is 4.04. The molecule has 0 aromatic carbocycles. The van der Waals surface area contributed by atoms with Gasteiger partial charge < -0.3 is 5.32 Å². The molecule has 0 saturated heterocycles. The topological polar surface area (TPSA) is 12.0 Å². The first-order chi connectivity index (χ1) is 9.77. The molecule has 1 heteroatoms. The Bertz CT molecular complexity index is 267. The summed E-state index contributed by atoms with van der Waals surface area (Å²) in [6.45, 7) is 8.41. The van der Waals surface area contributed by atoms with Crippen molar-refractivity contribution in [2.24, 2.45) is 17.3 Å². The first kappa shape index (κ1) is 16.3. The van der Waals surface area contributed by atoms with Crippen LogP contribution in [0.3, 0.4) is 0 Å². The molecular formula is C19H37N. The lowest BCUT2D eigenvalue weighted by atomic mass is 9.63. The quantitative estimate of drug-likeness (QED) is 0.645.